The van der Waals surface area contributed by atoms with Gasteiger partial charge in [-0.05, 0) is 39.2 Å². The average Bonchev–Trinajstić information content (AvgIpc) is 2.50. The Bertz CT molecular complexity index is 218. The molecule has 0 saturated carbocycles. The number of ether oxygens (including phenoxy) is 1. The Labute approximate surface area is 81.5 Å². The summed E-state index contributed by atoms with van der Waals surface area (Å²) in [5.74, 6) is 0. The highest BCUT2D eigenvalue weighted by Gasteiger charge is 2.20. The molecule has 0 aromatic carbocycles. The number of allylic oxidation sites excluding steroid dienone is 2. The van der Waals surface area contributed by atoms with Gasteiger partial charge in [-0.15, -0.1) is 0 Å². The fourth-order valence-electron chi connectivity index (χ4n) is 1.53. The minimum atomic E-state index is -0.0437. The number of hydrogen-bond acceptors (Lipinski definition) is 1. The molecule has 0 aromatic rings. The molecule has 1 rings (SSSR count). The van der Waals surface area contributed by atoms with Crippen LogP contribution in [0, 0.1) is 0 Å². The molecular weight excluding hydrogens is 160 g/mol. The zero-order valence-corrected chi connectivity index (χ0v) is 9.13. The van der Waals surface area contributed by atoms with Crippen molar-refractivity contribution in [3.8, 4) is 0 Å². The molecule has 13 heavy (non-hydrogen) atoms. The molecule has 1 aliphatic rings. The molecule has 0 saturated heterocycles. The summed E-state index contributed by atoms with van der Waals surface area (Å²) in [6, 6.07) is 0. The van der Waals surface area contributed by atoms with Crippen LogP contribution in [0.2, 0.25) is 0 Å². The summed E-state index contributed by atoms with van der Waals surface area (Å²) in [7, 11) is 0. The van der Waals surface area contributed by atoms with E-state index in [1.54, 1.807) is 0 Å². The average molecular weight is 180 g/mol. The van der Waals surface area contributed by atoms with E-state index in [-0.39, 0.29) is 11.7 Å². The fourth-order valence-corrected chi connectivity index (χ4v) is 1.53. The molecule has 1 unspecified atom stereocenters. The molecule has 74 valence electrons. The van der Waals surface area contributed by atoms with Gasteiger partial charge in [-0.3, -0.25) is 0 Å². The van der Waals surface area contributed by atoms with Crippen LogP contribution in [0.3, 0.4) is 0 Å². The number of hydrogen-bond donors (Lipinski definition) is 0. The van der Waals surface area contributed by atoms with E-state index < -0.39 is 0 Å². The van der Waals surface area contributed by atoms with Crippen LogP contribution in [0.1, 0.15) is 40.5 Å². The van der Waals surface area contributed by atoms with Crippen molar-refractivity contribution in [1.29, 1.82) is 0 Å². The van der Waals surface area contributed by atoms with Crippen molar-refractivity contribution in [2.75, 3.05) is 0 Å². The van der Waals surface area contributed by atoms with E-state index in [4.69, 9.17) is 4.74 Å². The highest BCUT2D eigenvalue weighted by atomic mass is 16.5. The van der Waals surface area contributed by atoms with Crippen LogP contribution in [-0.2, 0) is 4.74 Å². The van der Waals surface area contributed by atoms with Gasteiger partial charge in [0.25, 0.3) is 0 Å². The van der Waals surface area contributed by atoms with E-state index in [9.17, 15) is 0 Å². The van der Waals surface area contributed by atoms with E-state index in [1.165, 1.54) is 5.57 Å². The predicted molar refractivity (Wildman–Crippen MR) is 56.8 cm³/mol. The molecule has 1 heteroatoms. The first-order valence-electron chi connectivity index (χ1n) is 5.07. The van der Waals surface area contributed by atoms with Crippen molar-refractivity contribution in [3.05, 3.63) is 23.8 Å². The van der Waals surface area contributed by atoms with Gasteiger partial charge in [0.1, 0.15) is 0 Å². The Morgan fingerprint density at radius 3 is 2.54 bits per heavy atom. The quantitative estimate of drug-likeness (QED) is 0.646. The maximum Gasteiger partial charge on any atom is 0.0826 e. The Hall–Kier alpha value is -0.560. The third kappa shape index (κ3) is 3.35. The Morgan fingerprint density at radius 2 is 2.15 bits per heavy atom. The van der Waals surface area contributed by atoms with Crippen molar-refractivity contribution in [2.45, 2.75) is 52.2 Å². The van der Waals surface area contributed by atoms with Crippen LogP contribution in [0.15, 0.2) is 23.8 Å². The molecule has 0 bridgehead atoms. The Balaban J connectivity index is 2.58. The van der Waals surface area contributed by atoms with Gasteiger partial charge in [0.05, 0.1) is 11.7 Å². The molecule has 0 amide bonds. The lowest BCUT2D eigenvalue weighted by Gasteiger charge is -2.27. The molecule has 0 N–H and O–H groups in total. The minimum Gasteiger partial charge on any atom is -0.368 e. The molecule has 0 aliphatic heterocycles. The molecule has 1 nitrogen and oxygen atoms in total. The lowest BCUT2D eigenvalue weighted by molar-refractivity contribution is -0.0426. The second-order valence-electron chi connectivity index (χ2n) is 4.47. The van der Waals surface area contributed by atoms with Gasteiger partial charge < -0.3 is 4.74 Å². The van der Waals surface area contributed by atoms with Crippen molar-refractivity contribution >= 4 is 0 Å². The van der Waals surface area contributed by atoms with Crippen LogP contribution in [0.5, 0.6) is 0 Å². The smallest absolute Gasteiger partial charge is 0.0826 e. The highest BCUT2D eigenvalue weighted by Crippen LogP contribution is 2.23. The zero-order chi connectivity index (χ0) is 9.90. The van der Waals surface area contributed by atoms with Gasteiger partial charge in [-0.1, -0.05) is 25.2 Å². The molecular formula is C12H20O. The van der Waals surface area contributed by atoms with Gasteiger partial charge in [-0.2, -0.15) is 0 Å². The Morgan fingerprint density at radius 1 is 1.46 bits per heavy atom. The molecule has 0 radical (unpaired) electrons. The van der Waals surface area contributed by atoms with Crippen LogP contribution in [-0.4, -0.2) is 11.7 Å². The van der Waals surface area contributed by atoms with Crippen molar-refractivity contribution in [1.82, 2.24) is 0 Å². The summed E-state index contributed by atoms with van der Waals surface area (Å²) in [5, 5.41) is 0. The van der Waals surface area contributed by atoms with Gasteiger partial charge >= 0.3 is 0 Å². The summed E-state index contributed by atoms with van der Waals surface area (Å²) in [4.78, 5) is 0. The molecule has 1 atom stereocenters. The third-order valence-electron chi connectivity index (χ3n) is 2.04. The third-order valence-corrected chi connectivity index (χ3v) is 2.04. The summed E-state index contributed by atoms with van der Waals surface area (Å²) in [6.07, 6.45) is 9.01. The number of rotatable bonds is 3. The highest BCUT2D eigenvalue weighted by molar-refractivity contribution is 5.29. The zero-order valence-electron chi connectivity index (χ0n) is 9.13. The summed E-state index contributed by atoms with van der Waals surface area (Å²) in [5.41, 5.74) is 1.30. The van der Waals surface area contributed by atoms with E-state index in [1.807, 2.05) is 0 Å². The Kier molecular flexibility index (Phi) is 3.32. The maximum absolute atomic E-state index is 5.95. The monoisotopic (exact) mass is 180 g/mol. The van der Waals surface area contributed by atoms with E-state index >= 15 is 0 Å². The first kappa shape index (κ1) is 10.5. The lowest BCUT2D eigenvalue weighted by Crippen LogP contribution is -2.27. The van der Waals surface area contributed by atoms with Crippen LogP contribution < -0.4 is 0 Å². The van der Waals surface area contributed by atoms with Gasteiger partial charge in [0.2, 0.25) is 0 Å². The maximum atomic E-state index is 5.95. The normalized spacial score (nSPS) is 18.9. The van der Waals surface area contributed by atoms with E-state index in [0.717, 1.165) is 12.8 Å². The van der Waals surface area contributed by atoms with Crippen LogP contribution in [0.25, 0.3) is 0 Å². The first-order chi connectivity index (χ1) is 6.03. The van der Waals surface area contributed by atoms with Crippen LogP contribution >= 0.6 is 0 Å². The first-order valence-corrected chi connectivity index (χ1v) is 5.07. The van der Waals surface area contributed by atoms with E-state index in [2.05, 4.69) is 45.9 Å². The SMILES string of the molecule is CCC(OC(C)(C)C)C1=CCC=C1. The largest absolute Gasteiger partial charge is 0.368 e. The van der Waals surface area contributed by atoms with Gasteiger partial charge in [0, 0.05) is 0 Å². The molecule has 0 fully saturated rings. The molecule has 0 heterocycles. The second-order valence-corrected chi connectivity index (χ2v) is 4.47. The van der Waals surface area contributed by atoms with Gasteiger partial charge in [0.15, 0.2) is 0 Å². The fraction of sp³-hybridized carbons (Fsp3) is 0.667. The molecule has 0 aromatic heterocycles. The second kappa shape index (κ2) is 4.10. The topological polar surface area (TPSA) is 9.23 Å². The summed E-state index contributed by atoms with van der Waals surface area (Å²) in [6.45, 7) is 8.49. The van der Waals surface area contributed by atoms with Gasteiger partial charge in [-0.25, -0.2) is 0 Å². The lowest BCUT2D eigenvalue weighted by atomic mass is 10.1. The van der Waals surface area contributed by atoms with Crippen molar-refractivity contribution in [3.63, 3.8) is 0 Å². The minimum absolute atomic E-state index is 0.0437. The standard InChI is InChI=1S/C12H20O/c1-5-11(13-12(2,3)4)10-8-6-7-9-10/h6,8-9,11H,5,7H2,1-4H3. The molecule has 0 spiro atoms. The van der Waals surface area contributed by atoms with Crippen molar-refractivity contribution in [2.24, 2.45) is 0 Å². The summed E-state index contributed by atoms with van der Waals surface area (Å²) < 4.78 is 5.95. The van der Waals surface area contributed by atoms with E-state index in [0.29, 0.717) is 0 Å². The summed E-state index contributed by atoms with van der Waals surface area (Å²) >= 11 is 0. The van der Waals surface area contributed by atoms with Crippen molar-refractivity contribution < 1.29 is 4.74 Å². The van der Waals surface area contributed by atoms with Crippen LogP contribution in [0.4, 0.5) is 0 Å². The molecule has 1 aliphatic carbocycles. The predicted octanol–water partition coefficient (Wildman–Crippen LogP) is 3.47.